The molecule has 1 unspecified atom stereocenters. The highest BCUT2D eigenvalue weighted by molar-refractivity contribution is 7.88. The van der Waals surface area contributed by atoms with Crippen molar-refractivity contribution in [3.63, 3.8) is 0 Å². The average molecular weight is 156 g/mol. The first kappa shape index (κ1) is 9.37. The third-order valence-corrected chi connectivity index (χ3v) is 1.87. The third-order valence-electron chi connectivity index (χ3n) is 0.922. The van der Waals surface area contributed by atoms with Crippen LogP contribution >= 0.6 is 0 Å². The summed E-state index contributed by atoms with van der Waals surface area (Å²) in [5.74, 6) is 0. The molecule has 0 aliphatic rings. The molecule has 0 bridgehead atoms. The third kappa shape index (κ3) is 3.41. The van der Waals surface area contributed by atoms with Gasteiger partial charge >= 0.3 is 0 Å². The number of allylic oxidation sites excluding steroid dienone is 3. The minimum Gasteiger partial charge on any atom is -0.255 e. The Hall–Kier alpha value is -0.630. The number of hydrogen-bond acceptors (Lipinski definition) is 1. The van der Waals surface area contributed by atoms with E-state index in [0.29, 0.717) is 0 Å². The van der Waals surface area contributed by atoms with E-state index in [-0.39, 0.29) is 0 Å². The second-order valence-corrected chi connectivity index (χ2v) is 3.43. The van der Waals surface area contributed by atoms with Gasteiger partial charge in [0.1, 0.15) is 0 Å². The second kappa shape index (κ2) is 4.23. The topological polar surface area (TPSA) is 17.1 Å². The molecule has 0 saturated heterocycles. The van der Waals surface area contributed by atoms with Gasteiger partial charge in [-0.25, -0.2) is 0 Å². The zero-order chi connectivity index (χ0) is 8.15. The molecule has 2 heteroatoms. The molecule has 0 rings (SSSR count). The van der Waals surface area contributed by atoms with Gasteiger partial charge in [0.15, 0.2) is 0 Å². The Bertz CT molecular complexity index is 201. The predicted octanol–water partition coefficient (Wildman–Crippen LogP) is 2.01. The highest BCUT2D eigenvalue weighted by atomic mass is 32.2. The summed E-state index contributed by atoms with van der Waals surface area (Å²) in [5, 5.41) is 0. The lowest BCUT2D eigenvalue weighted by molar-refractivity contribution is 0.690. The molecule has 0 amide bonds. The maximum absolute atomic E-state index is 10.8. The molecular weight excluding hydrogens is 144 g/mol. The standard InChI is InChI=1S/C8H12OS/c1-5-8(10(4)9)6-7(2)3/h5-6H,1-2H2,3-4H3/b8-6+. The Labute approximate surface area is 64.6 Å². The van der Waals surface area contributed by atoms with Gasteiger partial charge in [-0.2, -0.15) is 0 Å². The molecule has 1 nitrogen and oxygen atoms in total. The van der Waals surface area contributed by atoms with Crippen molar-refractivity contribution >= 4 is 10.8 Å². The number of rotatable bonds is 3. The van der Waals surface area contributed by atoms with Crippen LogP contribution in [0, 0.1) is 0 Å². The Morgan fingerprint density at radius 1 is 1.60 bits per heavy atom. The lowest BCUT2D eigenvalue weighted by Gasteiger charge is -1.94. The summed E-state index contributed by atoms with van der Waals surface area (Å²) < 4.78 is 10.8. The van der Waals surface area contributed by atoms with Crippen LogP contribution in [0.5, 0.6) is 0 Å². The van der Waals surface area contributed by atoms with E-state index in [9.17, 15) is 4.21 Å². The van der Waals surface area contributed by atoms with Crippen LogP contribution in [0.2, 0.25) is 0 Å². The van der Waals surface area contributed by atoms with Crippen LogP contribution in [-0.4, -0.2) is 10.5 Å². The average Bonchev–Trinajstić information content (AvgIpc) is 1.81. The molecule has 0 fully saturated rings. The second-order valence-electron chi connectivity index (χ2n) is 2.05. The highest BCUT2D eigenvalue weighted by Crippen LogP contribution is 2.04. The fourth-order valence-electron chi connectivity index (χ4n) is 0.502. The first-order valence-corrected chi connectivity index (χ1v) is 4.46. The largest absolute Gasteiger partial charge is 0.255 e. The van der Waals surface area contributed by atoms with Crippen molar-refractivity contribution < 1.29 is 4.21 Å². The molecule has 1 atom stereocenters. The quantitative estimate of drug-likeness (QED) is 0.571. The minimum absolute atomic E-state index is 0.729. The van der Waals surface area contributed by atoms with Gasteiger partial charge in [0, 0.05) is 22.0 Å². The molecular formula is C8H12OS. The Balaban J connectivity index is 4.49. The first-order chi connectivity index (χ1) is 4.57. The molecule has 0 aromatic heterocycles. The fraction of sp³-hybridized carbons (Fsp3) is 0.250. The van der Waals surface area contributed by atoms with Gasteiger partial charge in [-0.15, -0.1) is 0 Å². The SMILES string of the molecule is C=C/C(=C\C(=C)C)S(C)=O. The van der Waals surface area contributed by atoms with Gasteiger partial charge in [-0.05, 0) is 13.0 Å². The van der Waals surface area contributed by atoms with E-state index < -0.39 is 10.8 Å². The normalized spacial score (nSPS) is 14.4. The van der Waals surface area contributed by atoms with Gasteiger partial charge < -0.3 is 0 Å². The molecule has 0 saturated carbocycles. The van der Waals surface area contributed by atoms with E-state index in [2.05, 4.69) is 13.2 Å². The maximum atomic E-state index is 10.8. The Morgan fingerprint density at radius 2 is 2.10 bits per heavy atom. The van der Waals surface area contributed by atoms with Crippen molar-refractivity contribution in [2.75, 3.05) is 6.26 Å². The molecule has 0 aliphatic heterocycles. The molecule has 10 heavy (non-hydrogen) atoms. The van der Waals surface area contributed by atoms with Crippen molar-refractivity contribution in [2.45, 2.75) is 6.92 Å². The van der Waals surface area contributed by atoms with Crippen LogP contribution in [0.25, 0.3) is 0 Å². The summed E-state index contributed by atoms with van der Waals surface area (Å²) in [5.41, 5.74) is 0.894. The van der Waals surface area contributed by atoms with Gasteiger partial charge in [0.2, 0.25) is 0 Å². The summed E-state index contributed by atoms with van der Waals surface area (Å²) in [7, 11) is -0.942. The molecule has 0 aromatic rings. The smallest absolute Gasteiger partial charge is 0.0497 e. The van der Waals surface area contributed by atoms with Crippen LogP contribution in [0.1, 0.15) is 6.92 Å². The van der Waals surface area contributed by atoms with E-state index in [1.54, 1.807) is 18.4 Å². The monoisotopic (exact) mass is 156 g/mol. The molecule has 0 N–H and O–H groups in total. The van der Waals surface area contributed by atoms with Crippen molar-refractivity contribution in [3.05, 3.63) is 35.8 Å². The van der Waals surface area contributed by atoms with Crippen molar-refractivity contribution in [3.8, 4) is 0 Å². The van der Waals surface area contributed by atoms with Crippen LogP contribution < -0.4 is 0 Å². The van der Waals surface area contributed by atoms with Crippen LogP contribution in [-0.2, 0) is 10.8 Å². The fourth-order valence-corrected chi connectivity index (χ4v) is 1.10. The van der Waals surface area contributed by atoms with E-state index >= 15 is 0 Å². The van der Waals surface area contributed by atoms with Crippen LogP contribution in [0.15, 0.2) is 35.8 Å². The Morgan fingerprint density at radius 3 is 2.20 bits per heavy atom. The summed E-state index contributed by atoms with van der Waals surface area (Å²) in [6.45, 7) is 9.06. The van der Waals surface area contributed by atoms with Gasteiger partial charge in [-0.1, -0.05) is 24.8 Å². The van der Waals surface area contributed by atoms with Crippen molar-refractivity contribution in [1.82, 2.24) is 0 Å². The molecule has 0 spiro atoms. The predicted molar refractivity (Wildman–Crippen MR) is 47.2 cm³/mol. The van der Waals surface area contributed by atoms with Gasteiger partial charge in [-0.3, -0.25) is 4.21 Å². The summed E-state index contributed by atoms with van der Waals surface area (Å²) in [6.07, 6.45) is 4.98. The molecule has 0 aliphatic carbocycles. The minimum atomic E-state index is -0.942. The van der Waals surface area contributed by atoms with Gasteiger partial charge in [0.25, 0.3) is 0 Å². The maximum Gasteiger partial charge on any atom is 0.0497 e. The highest BCUT2D eigenvalue weighted by Gasteiger charge is 1.93. The van der Waals surface area contributed by atoms with Crippen LogP contribution in [0.3, 0.4) is 0 Å². The van der Waals surface area contributed by atoms with E-state index in [0.717, 1.165) is 10.5 Å². The molecule has 0 heterocycles. The molecule has 0 radical (unpaired) electrons. The van der Waals surface area contributed by atoms with Crippen LogP contribution in [0.4, 0.5) is 0 Å². The summed E-state index contributed by atoms with van der Waals surface area (Å²) in [4.78, 5) is 0.729. The molecule has 56 valence electrons. The van der Waals surface area contributed by atoms with Crippen molar-refractivity contribution in [2.24, 2.45) is 0 Å². The van der Waals surface area contributed by atoms with E-state index in [1.807, 2.05) is 6.92 Å². The lowest BCUT2D eigenvalue weighted by atomic mass is 10.3. The van der Waals surface area contributed by atoms with E-state index in [1.165, 1.54) is 0 Å². The van der Waals surface area contributed by atoms with Gasteiger partial charge in [0.05, 0.1) is 0 Å². The zero-order valence-electron chi connectivity index (χ0n) is 6.39. The first-order valence-electron chi connectivity index (χ1n) is 2.91. The lowest BCUT2D eigenvalue weighted by Crippen LogP contribution is -1.87. The summed E-state index contributed by atoms with van der Waals surface area (Å²) >= 11 is 0. The zero-order valence-corrected chi connectivity index (χ0v) is 7.20. The molecule has 0 aromatic carbocycles. The van der Waals surface area contributed by atoms with E-state index in [4.69, 9.17) is 0 Å². The Kier molecular flexibility index (Phi) is 3.96. The summed E-state index contributed by atoms with van der Waals surface area (Å²) in [6, 6.07) is 0. The van der Waals surface area contributed by atoms with Crippen molar-refractivity contribution in [1.29, 1.82) is 0 Å². The number of hydrogen-bond donors (Lipinski definition) is 0.